The summed E-state index contributed by atoms with van der Waals surface area (Å²) in [6.07, 6.45) is 2.10. The van der Waals surface area contributed by atoms with Crippen molar-refractivity contribution in [3.05, 3.63) is 66.5 Å². The summed E-state index contributed by atoms with van der Waals surface area (Å²) >= 11 is 0. The lowest BCUT2D eigenvalue weighted by Crippen LogP contribution is -1.90. The SMILES string of the molecule is Cc1cc(-c2ccccc2)cc2cccn12. The van der Waals surface area contributed by atoms with E-state index in [0.29, 0.717) is 0 Å². The first kappa shape index (κ1) is 9.22. The average Bonchev–Trinajstić information content (AvgIpc) is 2.79. The van der Waals surface area contributed by atoms with Crippen LogP contribution in [0.3, 0.4) is 0 Å². The molecule has 0 saturated heterocycles. The number of aromatic nitrogens is 1. The fourth-order valence-electron chi connectivity index (χ4n) is 2.13. The first-order chi connectivity index (χ1) is 7.84. The predicted molar refractivity (Wildman–Crippen MR) is 67.6 cm³/mol. The van der Waals surface area contributed by atoms with Crippen LogP contribution in [-0.4, -0.2) is 4.40 Å². The molecular formula is C15H13N. The molecule has 0 aliphatic rings. The van der Waals surface area contributed by atoms with E-state index in [4.69, 9.17) is 0 Å². The van der Waals surface area contributed by atoms with E-state index in [1.54, 1.807) is 0 Å². The van der Waals surface area contributed by atoms with Crippen LogP contribution in [-0.2, 0) is 0 Å². The van der Waals surface area contributed by atoms with E-state index in [1.807, 2.05) is 6.07 Å². The molecule has 0 aliphatic carbocycles. The van der Waals surface area contributed by atoms with Crippen LogP contribution in [0.25, 0.3) is 16.6 Å². The lowest BCUT2D eigenvalue weighted by atomic mass is 10.1. The molecule has 2 aromatic heterocycles. The average molecular weight is 207 g/mol. The van der Waals surface area contributed by atoms with Crippen molar-refractivity contribution in [1.82, 2.24) is 4.40 Å². The monoisotopic (exact) mass is 207 g/mol. The zero-order valence-electron chi connectivity index (χ0n) is 9.22. The zero-order valence-corrected chi connectivity index (χ0v) is 9.22. The van der Waals surface area contributed by atoms with Gasteiger partial charge in [0.2, 0.25) is 0 Å². The molecule has 0 aliphatic heterocycles. The molecule has 2 heterocycles. The zero-order chi connectivity index (χ0) is 11.0. The molecule has 3 rings (SSSR count). The maximum atomic E-state index is 2.22. The van der Waals surface area contributed by atoms with Crippen molar-refractivity contribution >= 4 is 5.52 Å². The number of rotatable bonds is 1. The topological polar surface area (TPSA) is 4.41 Å². The Labute approximate surface area is 95.0 Å². The Hall–Kier alpha value is -2.02. The van der Waals surface area contributed by atoms with Crippen LogP contribution in [0.15, 0.2) is 60.8 Å². The first-order valence-corrected chi connectivity index (χ1v) is 5.48. The minimum absolute atomic E-state index is 1.25. The van der Waals surface area contributed by atoms with E-state index < -0.39 is 0 Å². The van der Waals surface area contributed by atoms with Crippen LogP contribution >= 0.6 is 0 Å². The van der Waals surface area contributed by atoms with E-state index in [1.165, 1.54) is 22.3 Å². The minimum atomic E-state index is 1.25. The van der Waals surface area contributed by atoms with Gasteiger partial charge in [-0.3, -0.25) is 0 Å². The van der Waals surface area contributed by atoms with E-state index in [2.05, 4.69) is 66.1 Å². The summed E-state index contributed by atoms with van der Waals surface area (Å²) in [5, 5.41) is 0. The van der Waals surface area contributed by atoms with Gasteiger partial charge in [-0.2, -0.15) is 0 Å². The summed E-state index contributed by atoms with van der Waals surface area (Å²) in [6.45, 7) is 2.14. The normalized spacial score (nSPS) is 10.8. The standard InChI is InChI=1S/C15H13N/c1-12-10-14(13-6-3-2-4-7-13)11-15-8-5-9-16(12)15/h2-11H,1H3. The highest BCUT2D eigenvalue weighted by molar-refractivity contribution is 5.69. The van der Waals surface area contributed by atoms with Gasteiger partial charge in [-0.15, -0.1) is 0 Å². The van der Waals surface area contributed by atoms with Gasteiger partial charge in [0.15, 0.2) is 0 Å². The second-order valence-electron chi connectivity index (χ2n) is 4.05. The number of hydrogen-bond acceptors (Lipinski definition) is 0. The summed E-state index contributed by atoms with van der Waals surface area (Å²) in [7, 11) is 0. The number of benzene rings is 1. The van der Waals surface area contributed by atoms with Crippen molar-refractivity contribution in [2.75, 3.05) is 0 Å². The molecule has 0 bridgehead atoms. The lowest BCUT2D eigenvalue weighted by Gasteiger charge is -2.06. The highest BCUT2D eigenvalue weighted by atomic mass is 14.9. The van der Waals surface area contributed by atoms with Gasteiger partial charge >= 0.3 is 0 Å². The van der Waals surface area contributed by atoms with Gasteiger partial charge in [0, 0.05) is 17.4 Å². The molecule has 78 valence electrons. The van der Waals surface area contributed by atoms with Gasteiger partial charge in [-0.1, -0.05) is 30.3 Å². The molecule has 3 aromatic rings. The molecule has 0 spiro atoms. The fraction of sp³-hybridized carbons (Fsp3) is 0.0667. The highest BCUT2D eigenvalue weighted by Crippen LogP contribution is 2.22. The molecule has 1 aromatic carbocycles. The molecule has 0 atom stereocenters. The molecule has 16 heavy (non-hydrogen) atoms. The maximum Gasteiger partial charge on any atom is 0.0458 e. The van der Waals surface area contributed by atoms with E-state index in [-0.39, 0.29) is 0 Å². The second-order valence-corrected chi connectivity index (χ2v) is 4.05. The molecule has 1 nitrogen and oxygen atoms in total. The number of aryl methyl sites for hydroxylation is 1. The Kier molecular flexibility index (Phi) is 2.03. The molecule has 0 fully saturated rings. The minimum Gasteiger partial charge on any atom is -0.321 e. The molecule has 0 N–H and O–H groups in total. The van der Waals surface area contributed by atoms with Crippen LogP contribution in [0.1, 0.15) is 5.69 Å². The van der Waals surface area contributed by atoms with Crippen LogP contribution in [0.2, 0.25) is 0 Å². The Morgan fingerprint density at radius 1 is 0.812 bits per heavy atom. The number of hydrogen-bond donors (Lipinski definition) is 0. The third-order valence-electron chi connectivity index (χ3n) is 2.94. The van der Waals surface area contributed by atoms with E-state index in [0.717, 1.165) is 0 Å². The van der Waals surface area contributed by atoms with Crippen molar-refractivity contribution in [2.24, 2.45) is 0 Å². The Morgan fingerprint density at radius 3 is 2.44 bits per heavy atom. The molecule has 1 heteroatoms. The molecule has 0 amide bonds. The Bertz CT molecular complexity index is 620. The highest BCUT2D eigenvalue weighted by Gasteiger charge is 2.01. The molecule has 0 unspecified atom stereocenters. The van der Waals surface area contributed by atoms with E-state index >= 15 is 0 Å². The smallest absolute Gasteiger partial charge is 0.0458 e. The predicted octanol–water partition coefficient (Wildman–Crippen LogP) is 3.91. The Morgan fingerprint density at radius 2 is 1.62 bits per heavy atom. The third-order valence-corrected chi connectivity index (χ3v) is 2.94. The molecule has 0 radical (unpaired) electrons. The second kappa shape index (κ2) is 3.53. The van der Waals surface area contributed by atoms with Crippen molar-refractivity contribution < 1.29 is 0 Å². The maximum absolute atomic E-state index is 2.22. The van der Waals surface area contributed by atoms with E-state index in [9.17, 15) is 0 Å². The van der Waals surface area contributed by atoms with Crippen molar-refractivity contribution in [2.45, 2.75) is 6.92 Å². The van der Waals surface area contributed by atoms with Crippen LogP contribution in [0.5, 0.6) is 0 Å². The number of nitrogens with zero attached hydrogens (tertiary/aromatic N) is 1. The van der Waals surface area contributed by atoms with Crippen molar-refractivity contribution in [3.63, 3.8) is 0 Å². The van der Waals surface area contributed by atoms with Crippen LogP contribution in [0, 0.1) is 6.92 Å². The summed E-state index contributed by atoms with van der Waals surface area (Å²) in [6, 6.07) is 19.2. The van der Waals surface area contributed by atoms with Gasteiger partial charge in [0.05, 0.1) is 0 Å². The number of fused-ring (bicyclic) bond motifs is 1. The number of pyridine rings is 1. The molecular weight excluding hydrogens is 194 g/mol. The van der Waals surface area contributed by atoms with Gasteiger partial charge in [-0.05, 0) is 42.3 Å². The van der Waals surface area contributed by atoms with Crippen LogP contribution < -0.4 is 0 Å². The van der Waals surface area contributed by atoms with Gasteiger partial charge < -0.3 is 4.40 Å². The van der Waals surface area contributed by atoms with Gasteiger partial charge in [0.1, 0.15) is 0 Å². The first-order valence-electron chi connectivity index (χ1n) is 5.48. The van der Waals surface area contributed by atoms with Crippen molar-refractivity contribution in [3.8, 4) is 11.1 Å². The largest absolute Gasteiger partial charge is 0.321 e. The third kappa shape index (κ3) is 1.41. The van der Waals surface area contributed by atoms with Crippen LogP contribution in [0.4, 0.5) is 0 Å². The summed E-state index contributed by atoms with van der Waals surface area (Å²) in [5.74, 6) is 0. The summed E-state index contributed by atoms with van der Waals surface area (Å²) in [5.41, 5.74) is 5.07. The summed E-state index contributed by atoms with van der Waals surface area (Å²) < 4.78 is 2.20. The van der Waals surface area contributed by atoms with Gasteiger partial charge in [0.25, 0.3) is 0 Å². The van der Waals surface area contributed by atoms with Crippen molar-refractivity contribution in [1.29, 1.82) is 0 Å². The Balaban J connectivity index is 2.25. The fourth-order valence-corrected chi connectivity index (χ4v) is 2.13. The quantitative estimate of drug-likeness (QED) is 0.569. The molecule has 0 saturated carbocycles. The summed E-state index contributed by atoms with van der Waals surface area (Å²) in [4.78, 5) is 0. The lowest BCUT2D eigenvalue weighted by molar-refractivity contribution is 1.10. The van der Waals surface area contributed by atoms with Gasteiger partial charge in [-0.25, -0.2) is 0 Å².